The topological polar surface area (TPSA) is 57.6 Å². The number of hydrogen-bond acceptors (Lipinski definition) is 6. The monoisotopic (exact) mass is 463 g/mol. The van der Waals surface area contributed by atoms with Crippen molar-refractivity contribution in [2.24, 2.45) is 11.8 Å². The highest BCUT2D eigenvalue weighted by Crippen LogP contribution is 2.33. The predicted molar refractivity (Wildman–Crippen MR) is 136 cm³/mol. The molecule has 33 heavy (non-hydrogen) atoms. The first-order valence-electron chi connectivity index (χ1n) is 11.7. The van der Waals surface area contributed by atoms with Gasteiger partial charge in [0, 0.05) is 30.8 Å². The normalized spacial score (nSPS) is 19.7. The first kappa shape index (κ1) is 23.7. The maximum Gasteiger partial charge on any atom is 0.119 e. The zero-order valence-corrected chi connectivity index (χ0v) is 20.3. The Kier molecular flexibility index (Phi) is 8.35. The number of fused-ring (bicyclic) bond motifs is 1. The summed E-state index contributed by atoms with van der Waals surface area (Å²) < 4.78 is 5.44. The summed E-state index contributed by atoms with van der Waals surface area (Å²) in [6.07, 6.45) is 5.10. The van der Waals surface area contributed by atoms with Crippen molar-refractivity contribution < 1.29 is 9.84 Å². The second kappa shape index (κ2) is 11.6. The fourth-order valence-corrected chi connectivity index (χ4v) is 5.48. The number of nitrogens with zero attached hydrogens (tertiary/aromatic N) is 2. The second-order valence-corrected chi connectivity index (χ2v) is 9.66. The number of thiophene rings is 1. The minimum atomic E-state index is 0.233. The Morgan fingerprint density at radius 1 is 1.30 bits per heavy atom. The van der Waals surface area contributed by atoms with E-state index in [1.807, 2.05) is 31.4 Å². The number of benzene rings is 1. The highest BCUT2D eigenvalue weighted by Gasteiger charge is 2.29. The third-order valence-corrected chi connectivity index (χ3v) is 7.56. The molecule has 3 heterocycles. The number of nitrogens with one attached hydrogen (secondary N) is 1. The number of ether oxygens (including phenoxy) is 1. The SMILES string of the molecule is CNC(CC[C@@H]1CCN(CC#Cc2cccs2)C[C@@H]1CO)c1ccnc2ccc(OC)cc12. The number of piperidine rings is 1. The van der Waals surface area contributed by atoms with Gasteiger partial charge in [0.15, 0.2) is 0 Å². The summed E-state index contributed by atoms with van der Waals surface area (Å²) in [5.41, 5.74) is 2.24. The average Bonchev–Trinajstić information content (AvgIpc) is 3.38. The Morgan fingerprint density at radius 2 is 2.21 bits per heavy atom. The van der Waals surface area contributed by atoms with E-state index >= 15 is 0 Å². The van der Waals surface area contributed by atoms with Crippen molar-refractivity contribution in [1.29, 1.82) is 0 Å². The van der Waals surface area contributed by atoms with Gasteiger partial charge in [-0.05, 0) is 86.0 Å². The average molecular weight is 464 g/mol. The van der Waals surface area contributed by atoms with Crippen molar-refractivity contribution in [2.45, 2.75) is 25.3 Å². The molecule has 0 bridgehead atoms. The molecule has 0 amide bonds. The van der Waals surface area contributed by atoms with Crippen LogP contribution in [0.15, 0.2) is 48.0 Å². The van der Waals surface area contributed by atoms with Crippen molar-refractivity contribution in [2.75, 3.05) is 40.4 Å². The van der Waals surface area contributed by atoms with Gasteiger partial charge in [0.2, 0.25) is 0 Å². The summed E-state index contributed by atoms with van der Waals surface area (Å²) in [6.45, 7) is 2.96. The standard InChI is InChI=1S/C27H33N3O2S/c1-28-26(24-11-13-29-27-10-8-22(32-2)17-25(24)27)9-7-20-12-15-30(18-21(20)19-31)14-3-5-23-6-4-16-33-23/h4,6,8,10-11,13,16-17,20-21,26,28,31H,7,9,12,14-15,18-19H2,1-2H3/t20-,21-,26?/m1/s1. The van der Waals surface area contributed by atoms with E-state index in [4.69, 9.17) is 4.74 Å². The maximum absolute atomic E-state index is 10.1. The third-order valence-electron chi connectivity index (χ3n) is 6.78. The Hall–Kier alpha value is -2.43. The van der Waals surface area contributed by atoms with E-state index in [9.17, 15) is 5.11 Å². The second-order valence-electron chi connectivity index (χ2n) is 8.71. The van der Waals surface area contributed by atoms with Crippen molar-refractivity contribution in [3.63, 3.8) is 0 Å². The molecule has 0 radical (unpaired) electrons. The molecule has 1 fully saturated rings. The quantitative estimate of drug-likeness (QED) is 0.487. The molecule has 1 aliphatic rings. The molecule has 0 saturated carbocycles. The molecule has 0 aliphatic carbocycles. The molecule has 1 aliphatic heterocycles. The van der Waals surface area contributed by atoms with Crippen LogP contribution in [0.1, 0.15) is 35.7 Å². The number of aliphatic hydroxyl groups is 1. The van der Waals surface area contributed by atoms with Gasteiger partial charge in [-0.3, -0.25) is 9.88 Å². The van der Waals surface area contributed by atoms with Crippen LogP contribution >= 0.6 is 11.3 Å². The molecule has 0 spiro atoms. The minimum absolute atomic E-state index is 0.233. The van der Waals surface area contributed by atoms with E-state index in [-0.39, 0.29) is 12.6 Å². The van der Waals surface area contributed by atoms with Gasteiger partial charge in [-0.2, -0.15) is 0 Å². The molecule has 4 rings (SSSR count). The molecule has 6 heteroatoms. The van der Waals surface area contributed by atoms with Crippen LogP contribution in [0.4, 0.5) is 0 Å². The van der Waals surface area contributed by atoms with Gasteiger partial charge in [-0.1, -0.05) is 17.9 Å². The van der Waals surface area contributed by atoms with E-state index in [1.54, 1.807) is 18.4 Å². The number of aliphatic hydroxyl groups excluding tert-OH is 1. The maximum atomic E-state index is 10.1. The molecule has 3 atom stereocenters. The lowest BCUT2D eigenvalue weighted by molar-refractivity contribution is 0.0734. The Labute approximate surface area is 200 Å². The summed E-state index contributed by atoms with van der Waals surface area (Å²) >= 11 is 1.68. The molecule has 2 aromatic heterocycles. The third kappa shape index (κ3) is 5.93. The van der Waals surface area contributed by atoms with Crippen LogP contribution in [0.25, 0.3) is 10.9 Å². The lowest BCUT2D eigenvalue weighted by atomic mass is 9.81. The molecule has 1 unspecified atom stereocenters. The summed E-state index contributed by atoms with van der Waals surface area (Å²) in [7, 11) is 3.72. The Morgan fingerprint density at radius 3 is 2.97 bits per heavy atom. The van der Waals surface area contributed by atoms with E-state index in [1.165, 1.54) is 5.56 Å². The van der Waals surface area contributed by atoms with Crippen LogP contribution in [-0.2, 0) is 0 Å². The zero-order chi connectivity index (χ0) is 23.0. The van der Waals surface area contributed by atoms with Gasteiger partial charge in [-0.15, -0.1) is 11.3 Å². The smallest absolute Gasteiger partial charge is 0.119 e. The van der Waals surface area contributed by atoms with Gasteiger partial charge in [0.1, 0.15) is 5.75 Å². The summed E-state index contributed by atoms with van der Waals surface area (Å²) in [5.74, 6) is 8.22. The van der Waals surface area contributed by atoms with Gasteiger partial charge >= 0.3 is 0 Å². The van der Waals surface area contributed by atoms with Crippen LogP contribution in [0.5, 0.6) is 5.75 Å². The molecule has 1 aromatic carbocycles. The van der Waals surface area contributed by atoms with Gasteiger partial charge < -0.3 is 15.2 Å². The van der Waals surface area contributed by atoms with Gasteiger partial charge in [0.05, 0.1) is 24.0 Å². The lowest BCUT2D eigenvalue weighted by Gasteiger charge is -2.37. The number of pyridine rings is 1. The van der Waals surface area contributed by atoms with E-state index in [2.05, 4.69) is 50.6 Å². The summed E-state index contributed by atoms with van der Waals surface area (Å²) in [5, 5.41) is 16.8. The number of methoxy groups -OCH3 is 1. The number of likely N-dealkylation sites (tertiary alicyclic amines) is 1. The molecular formula is C27H33N3O2S. The van der Waals surface area contributed by atoms with Crippen molar-refractivity contribution in [3.8, 4) is 17.6 Å². The number of aromatic nitrogens is 1. The van der Waals surface area contributed by atoms with Crippen LogP contribution in [-0.4, -0.2) is 55.4 Å². The minimum Gasteiger partial charge on any atom is -0.497 e. The molecule has 2 N–H and O–H groups in total. The molecule has 174 valence electrons. The molecule has 1 saturated heterocycles. The van der Waals surface area contributed by atoms with Crippen LogP contribution in [0, 0.1) is 23.7 Å². The lowest BCUT2D eigenvalue weighted by Crippen LogP contribution is -2.42. The van der Waals surface area contributed by atoms with Crippen molar-refractivity contribution in [1.82, 2.24) is 15.2 Å². The van der Waals surface area contributed by atoms with Gasteiger partial charge in [-0.25, -0.2) is 0 Å². The van der Waals surface area contributed by atoms with Crippen LogP contribution < -0.4 is 10.1 Å². The highest BCUT2D eigenvalue weighted by molar-refractivity contribution is 7.10. The van der Waals surface area contributed by atoms with Gasteiger partial charge in [0.25, 0.3) is 0 Å². The fraction of sp³-hybridized carbons (Fsp3) is 0.444. The van der Waals surface area contributed by atoms with Crippen molar-refractivity contribution >= 4 is 22.2 Å². The zero-order valence-electron chi connectivity index (χ0n) is 19.5. The molecule has 3 aromatic rings. The highest BCUT2D eigenvalue weighted by atomic mass is 32.1. The fourth-order valence-electron chi connectivity index (χ4n) is 4.89. The van der Waals surface area contributed by atoms with E-state index < -0.39 is 0 Å². The van der Waals surface area contributed by atoms with Crippen LogP contribution in [0.2, 0.25) is 0 Å². The van der Waals surface area contributed by atoms with E-state index in [0.29, 0.717) is 11.8 Å². The number of rotatable bonds is 8. The van der Waals surface area contributed by atoms with E-state index in [0.717, 1.165) is 60.4 Å². The molecule has 5 nitrogen and oxygen atoms in total. The Bertz CT molecular complexity index is 1090. The summed E-state index contributed by atoms with van der Waals surface area (Å²) in [4.78, 5) is 8.02. The molecular weight excluding hydrogens is 430 g/mol. The van der Waals surface area contributed by atoms with Crippen LogP contribution in [0.3, 0.4) is 0 Å². The summed E-state index contributed by atoms with van der Waals surface area (Å²) in [6, 6.07) is 12.5. The number of hydrogen-bond donors (Lipinski definition) is 2. The first-order valence-corrected chi connectivity index (χ1v) is 12.5. The largest absolute Gasteiger partial charge is 0.497 e. The Balaban J connectivity index is 1.38. The van der Waals surface area contributed by atoms with Crippen molar-refractivity contribution in [3.05, 3.63) is 58.4 Å². The predicted octanol–water partition coefficient (Wildman–Crippen LogP) is 4.33. The first-order chi connectivity index (χ1) is 16.2.